The molecule has 0 radical (unpaired) electrons. The highest BCUT2D eigenvalue weighted by atomic mass is 35.5. The minimum Gasteiger partial charge on any atom is -0.480 e. The third-order valence-corrected chi connectivity index (χ3v) is 3.04. The van der Waals surface area contributed by atoms with Gasteiger partial charge in [0, 0.05) is 13.2 Å². The van der Waals surface area contributed by atoms with Crippen LogP contribution >= 0.6 is 11.6 Å². The summed E-state index contributed by atoms with van der Waals surface area (Å²) in [7, 11) is 1.57. The van der Waals surface area contributed by atoms with Gasteiger partial charge in [-0.1, -0.05) is 11.6 Å². The Morgan fingerprint density at radius 3 is 2.71 bits per heavy atom. The number of likely N-dealkylation sites (N-methyl/N-ethyl adjacent to an activating group) is 1. The monoisotopic (exact) mass is 253 g/mol. The smallest absolute Gasteiger partial charge is 0.328 e. The molecule has 0 bridgehead atoms. The first-order chi connectivity index (χ1) is 7.82. The van der Waals surface area contributed by atoms with Crippen molar-refractivity contribution in [3.05, 3.63) is 22.8 Å². The summed E-state index contributed by atoms with van der Waals surface area (Å²) in [6.45, 7) is 3.07. The van der Waals surface area contributed by atoms with Crippen LogP contribution in [0, 0.1) is 11.3 Å². The average Bonchev–Trinajstić information content (AvgIpc) is 2.28. The van der Waals surface area contributed by atoms with Crippen molar-refractivity contribution in [2.75, 3.05) is 11.9 Å². The number of hydrogen-bond donors (Lipinski definition) is 1. The van der Waals surface area contributed by atoms with Gasteiger partial charge in [0.2, 0.25) is 0 Å². The number of aliphatic carboxylic acids is 1. The van der Waals surface area contributed by atoms with Crippen LogP contribution in [0.3, 0.4) is 0 Å². The number of pyridine rings is 1. The summed E-state index contributed by atoms with van der Waals surface area (Å²) in [5, 5.41) is 18.1. The molecular formula is C11H12ClN3O2. The SMILES string of the molecule is CN(c1nccc(C#N)c1Cl)C(C)(C)C(=O)O. The fourth-order valence-corrected chi connectivity index (χ4v) is 1.44. The van der Waals surface area contributed by atoms with E-state index in [2.05, 4.69) is 4.98 Å². The zero-order valence-electron chi connectivity index (χ0n) is 9.73. The van der Waals surface area contributed by atoms with Crippen LogP contribution in [0.2, 0.25) is 5.02 Å². The molecule has 0 aliphatic carbocycles. The highest BCUT2D eigenvalue weighted by Crippen LogP contribution is 2.29. The minimum absolute atomic E-state index is 0.159. The lowest BCUT2D eigenvalue weighted by atomic mass is 10.0. The Labute approximate surface area is 104 Å². The van der Waals surface area contributed by atoms with Gasteiger partial charge in [0.1, 0.15) is 22.4 Å². The summed E-state index contributed by atoms with van der Waals surface area (Å²) < 4.78 is 0. The molecule has 17 heavy (non-hydrogen) atoms. The first kappa shape index (κ1) is 13.3. The number of halogens is 1. The highest BCUT2D eigenvalue weighted by Gasteiger charge is 2.34. The van der Waals surface area contributed by atoms with Gasteiger partial charge < -0.3 is 10.0 Å². The number of hydrogen-bond acceptors (Lipinski definition) is 4. The molecule has 1 rings (SSSR count). The van der Waals surface area contributed by atoms with Crippen molar-refractivity contribution in [2.24, 2.45) is 0 Å². The maximum atomic E-state index is 11.1. The van der Waals surface area contributed by atoms with Gasteiger partial charge in [-0.15, -0.1) is 0 Å². The minimum atomic E-state index is -1.16. The predicted molar refractivity (Wildman–Crippen MR) is 64.1 cm³/mol. The molecule has 0 aliphatic heterocycles. The third kappa shape index (κ3) is 2.32. The summed E-state index contributed by atoms with van der Waals surface area (Å²) in [5.74, 6) is -0.724. The highest BCUT2D eigenvalue weighted by molar-refractivity contribution is 6.34. The largest absolute Gasteiger partial charge is 0.480 e. The van der Waals surface area contributed by atoms with Crippen molar-refractivity contribution in [3.63, 3.8) is 0 Å². The summed E-state index contributed by atoms with van der Waals surface area (Å²) in [4.78, 5) is 16.6. The fourth-order valence-electron chi connectivity index (χ4n) is 1.16. The Morgan fingerprint density at radius 1 is 1.65 bits per heavy atom. The Bertz CT molecular complexity index is 494. The molecule has 0 aliphatic rings. The van der Waals surface area contributed by atoms with Crippen LogP contribution in [-0.2, 0) is 4.79 Å². The van der Waals surface area contributed by atoms with Crippen LogP contribution < -0.4 is 4.90 Å². The molecule has 1 aromatic heterocycles. The second-order valence-corrected chi connectivity index (χ2v) is 4.41. The lowest BCUT2D eigenvalue weighted by Crippen LogP contribution is -2.48. The predicted octanol–water partition coefficient (Wildman–Crippen LogP) is 1.91. The van der Waals surface area contributed by atoms with E-state index in [1.165, 1.54) is 31.0 Å². The van der Waals surface area contributed by atoms with Crippen molar-refractivity contribution >= 4 is 23.4 Å². The zero-order chi connectivity index (χ0) is 13.2. The van der Waals surface area contributed by atoms with E-state index in [1.807, 2.05) is 6.07 Å². The number of carboxylic acid groups (broad SMARTS) is 1. The average molecular weight is 254 g/mol. The normalized spacial score (nSPS) is 10.8. The number of aromatic nitrogens is 1. The van der Waals surface area contributed by atoms with Gasteiger partial charge in [-0.05, 0) is 19.9 Å². The maximum absolute atomic E-state index is 11.1. The Morgan fingerprint density at radius 2 is 2.24 bits per heavy atom. The van der Waals surface area contributed by atoms with E-state index in [9.17, 15) is 4.79 Å². The quantitative estimate of drug-likeness (QED) is 0.890. The molecule has 0 atom stereocenters. The molecule has 1 aromatic rings. The summed E-state index contributed by atoms with van der Waals surface area (Å²) >= 11 is 5.99. The Balaban J connectivity index is 3.27. The standard InChI is InChI=1S/C11H12ClN3O2/c1-11(2,10(16)17)15(3)9-8(12)7(6-13)4-5-14-9/h4-5H,1-3H3,(H,16,17). The molecule has 6 heteroatoms. The Hall–Kier alpha value is -1.80. The summed E-state index contributed by atoms with van der Waals surface area (Å²) in [6.07, 6.45) is 1.42. The molecule has 0 saturated heterocycles. The van der Waals surface area contributed by atoms with Gasteiger partial charge in [0.25, 0.3) is 0 Å². The molecule has 1 heterocycles. The van der Waals surface area contributed by atoms with Crippen molar-refractivity contribution < 1.29 is 9.90 Å². The van der Waals surface area contributed by atoms with E-state index >= 15 is 0 Å². The van der Waals surface area contributed by atoms with Crippen molar-refractivity contribution in [1.29, 1.82) is 5.26 Å². The first-order valence-electron chi connectivity index (χ1n) is 4.84. The molecule has 0 saturated carbocycles. The molecule has 0 spiro atoms. The van der Waals surface area contributed by atoms with Crippen LogP contribution in [0.4, 0.5) is 5.82 Å². The van der Waals surface area contributed by atoms with Crippen LogP contribution in [0.15, 0.2) is 12.3 Å². The summed E-state index contributed by atoms with van der Waals surface area (Å²) in [5.41, 5.74) is -0.894. The number of rotatable bonds is 3. The van der Waals surface area contributed by atoms with E-state index in [0.717, 1.165) is 0 Å². The lowest BCUT2D eigenvalue weighted by Gasteiger charge is -2.33. The van der Waals surface area contributed by atoms with E-state index in [4.69, 9.17) is 22.0 Å². The molecule has 0 aromatic carbocycles. The van der Waals surface area contributed by atoms with E-state index in [-0.39, 0.29) is 16.4 Å². The Kier molecular flexibility index (Phi) is 3.59. The van der Waals surface area contributed by atoms with Crippen LogP contribution in [0.25, 0.3) is 0 Å². The van der Waals surface area contributed by atoms with Crippen molar-refractivity contribution in [1.82, 2.24) is 4.98 Å². The van der Waals surface area contributed by atoms with Crippen LogP contribution in [-0.4, -0.2) is 28.6 Å². The molecule has 90 valence electrons. The molecule has 0 unspecified atom stereocenters. The van der Waals surface area contributed by atoms with Gasteiger partial charge >= 0.3 is 5.97 Å². The van der Waals surface area contributed by atoms with E-state index in [0.29, 0.717) is 0 Å². The second kappa shape index (κ2) is 4.60. The molecule has 0 amide bonds. The number of carbonyl (C=O) groups is 1. The number of nitriles is 1. The van der Waals surface area contributed by atoms with Crippen molar-refractivity contribution in [3.8, 4) is 6.07 Å². The lowest BCUT2D eigenvalue weighted by molar-refractivity contribution is -0.142. The number of anilines is 1. The number of nitrogens with zero attached hydrogens (tertiary/aromatic N) is 3. The summed E-state index contributed by atoms with van der Waals surface area (Å²) in [6, 6.07) is 3.40. The maximum Gasteiger partial charge on any atom is 0.328 e. The topological polar surface area (TPSA) is 77.2 Å². The second-order valence-electron chi connectivity index (χ2n) is 4.03. The molecule has 0 fully saturated rings. The van der Waals surface area contributed by atoms with Gasteiger partial charge in [0.15, 0.2) is 0 Å². The van der Waals surface area contributed by atoms with E-state index < -0.39 is 11.5 Å². The first-order valence-corrected chi connectivity index (χ1v) is 5.22. The molecule has 5 nitrogen and oxygen atoms in total. The van der Waals surface area contributed by atoms with Gasteiger partial charge in [-0.25, -0.2) is 9.78 Å². The van der Waals surface area contributed by atoms with Gasteiger partial charge in [0.05, 0.1) is 5.56 Å². The van der Waals surface area contributed by atoms with Gasteiger partial charge in [-0.3, -0.25) is 0 Å². The van der Waals surface area contributed by atoms with E-state index in [1.54, 1.807) is 7.05 Å². The third-order valence-electron chi connectivity index (χ3n) is 2.67. The number of carboxylic acids is 1. The van der Waals surface area contributed by atoms with Gasteiger partial charge in [-0.2, -0.15) is 5.26 Å². The molecule has 1 N–H and O–H groups in total. The van der Waals surface area contributed by atoms with Crippen molar-refractivity contribution in [2.45, 2.75) is 19.4 Å². The van der Waals surface area contributed by atoms with Crippen LogP contribution in [0.5, 0.6) is 0 Å². The fraction of sp³-hybridized carbons (Fsp3) is 0.364. The van der Waals surface area contributed by atoms with Crippen LogP contribution in [0.1, 0.15) is 19.4 Å². The molecular weight excluding hydrogens is 242 g/mol. The zero-order valence-corrected chi connectivity index (χ0v) is 10.5.